The lowest BCUT2D eigenvalue weighted by Crippen LogP contribution is -2.48. The number of carbonyl (C=O) groups excluding carboxylic acids is 1. The SMILES string of the molecule is O=C(ON1CC(c2ccc(OCc3ccccc3)cc2OCc2ccccc2)C1)C(F)(F)F. The zero-order chi connectivity index (χ0) is 23.3. The Bertz CT molecular complexity index is 1070. The average Bonchev–Trinajstić information content (AvgIpc) is 2.79. The molecule has 0 atom stereocenters. The van der Waals surface area contributed by atoms with Crippen LogP contribution in [0.3, 0.4) is 0 Å². The Morgan fingerprint density at radius 1 is 0.848 bits per heavy atom. The summed E-state index contributed by atoms with van der Waals surface area (Å²) in [6, 6.07) is 24.8. The van der Waals surface area contributed by atoms with E-state index in [2.05, 4.69) is 4.84 Å². The highest BCUT2D eigenvalue weighted by Crippen LogP contribution is 2.37. The van der Waals surface area contributed by atoms with Gasteiger partial charge in [-0.2, -0.15) is 13.2 Å². The van der Waals surface area contributed by atoms with Gasteiger partial charge in [0.15, 0.2) is 0 Å². The van der Waals surface area contributed by atoms with Crippen LogP contribution >= 0.6 is 0 Å². The van der Waals surface area contributed by atoms with Gasteiger partial charge in [-0.3, -0.25) is 0 Å². The van der Waals surface area contributed by atoms with Gasteiger partial charge in [0.2, 0.25) is 0 Å². The van der Waals surface area contributed by atoms with E-state index in [0.29, 0.717) is 24.7 Å². The van der Waals surface area contributed by atoms with Crippen molar-refractivity contribution < 1.29 is 32.3 Å². The van der Waals surface area contributed by atoms with Gasteiger partial charge in [0.1, 0.15) is 24.7 Å². The van der Waals surface area contributed by atoms with Crippen molar-refractivity contribution in [3.63, 3.8) is 0 Å². The van der Waals surface area contributed by atoms with Crippen LogP contribution in [-0.2, 0) is 22.8 Å². The molecule has 1 fully saturated rings. The van der Waals surface area contributed by atoms with Gasteiger partial charge in [0.05, 0.1) is 0 Å². The summed E-state index contributed by atoms with van der Waals surface area (Å²) in [4.78, 5) is 15.4. The second kappa shape index (κ2) is 9.95. The number of hydrogen-bond acceptors (Lipinski definition) is 5. The lowest BCUT2D eigenvalue weighted by molar-refractivity contribution is -0.253. The molecule has 1 heterocycles. The van der Waals surface area contributed by atoms with Gasteiger partial charge in [-0.25, -0.2) is 4.79 Å². The maximum atomic E-state index is 12.4. The minimum absolute atomic E-state index is 0.139. The van der Waals surface area contributed by atoms with E-state index in [-0.39, 0.29) is 19.0 Å². The molecule has 0 unspecified atom stereocenters. The highest BCUT2D eigenvalue weighted by molar-refractivity contribution is 5.75. The van der Waals surface area contributed by atoms with Crippen LogP contribution in [0.2, 0.25) is 0 Å². The fourth-order valence-electron chi connectivity index (χ4n) is 3.42. The first kappa shape index (κ1) is 22.7. The van der Waals surface area contributed by atoms with Crippen LogP contribution in [0.25, 0.3) is 0 Å². The predicted molar refractivity (Wildman–Crippen MR) is 114 cm³/mol. The van der Waals surface area contributed by atoms with Crippen molar-refractivity contribution in [2.24, 2.45) is 0 Å². The third kappa shape index (κ3) is 6.04. The quantitative estimate of drug-likeness (QED) is 0.462. The van der Waals surface area contributed by atoms with E-state index in [4.69, 9.17) is 9.47 Å². The number of alkyl halides is 3. The first-order chi connectivity index (χ1) is 15.9. The van der Waals surface area contributed by atoms with Crippen LogP contribution in [0, 0.1) is 0 Å². The number of hydrogen-bond donors (Lipinski definition) is 0. The summed E-state index contributed by atoms with van der Waals surface area (Å²) in [5, 5.41) is 1.00. The van der Waals surface area contributed by atoms with Gasteiger partial charge < -0.3 is 14.3 Å². The largest absolute Gasteiger partial charge is 0.492 e. The van der Waals surface area contributed by atoms with E-state index in [1.807, 2.05) is 66.7 Å². The number of nitrogens with zero attached hydrogens (tertiary/aromatic N) is 1. The third-order valence-corrected chi connectivity index (χ3v) is 5.20. The van der Waals surface area contributed by atoms with E-state index < -0.39 is 12.1 Å². The summed E-state index contributed by atoms with van der Waals surface area (Å²) >= 11 is 0. The van der Waals surface area contributed by atoms with Gasteiger partial charge in [-0.15, -0.1) is 5.06 Å². The normalized spacial score (nSPS) is 14.4. The molecule has 0 amide bonds. The topological polar surface area (TPSA) is 48.0 Å². The molecule has 3 aromatic carbocycles. The molecule has 3 aromatic rings. The van der Waals surface area contributed by atoms with E-state index in [1.54, 1.807) is 12.1 Å². The number of ether oxygens (including phenoxy) is 2. The molecule has 0 bridgehead atoms. The van der Waals surface area contributed by atoms with E-state index in [9.17, 15) is 18.0 Å². The Morgan fingerprint density at radius 3 is 2.00 bits per heavy atom. The van der Waals surface area contributed by atoms with Crippen molar-refractivity contribution in [3.8, 4) is 11.5 Å². The molecule has 5 nitrogen and oxygen atoms in total. The molecule has 0 aromatic heterocycles. The molecule has 1 saturated heterocycles. The van der Waals surface area contributed by atoms with E-state index in [1.165, 1.54) is 0 Å². The smallest absolute Gasteiger partial charge is 0.489 e. The van der Waals surface area contributed by atoms with Crippen molar-refractivity contribution in [1.29, 1.82) is 0 Å². The van der Waals surface area contributed by atoms with Crippen molar-refractivity contribution in [2.75, 3.05) is 13.1 Å². The Morgan fingerprint density at radius 2 is 1.42 bits per heavy atom. The zero-order valence-corrected chi connectivity index (χ0v) is 17.6. The fraction of sp³-hybridized carbons (Fsp3) is 0.240. The molecule has 4 rings (SSSR count). The highest BCUT2D eigenvalue weighted by Gasteiger charge is 2.44. The molecule has 0 saturated carbocycles. The molecule has 0 aliphatic carbocycles. The van der Waals surface area contributed by atoms with Gasteiger partial charge in [-0.1, -0.05) is 66.7 Å². The molecular weight excluding hydrogens is 435 g/mol. The first-order valence-corrected chi connectivity index (χ1v) is 10.4. The third-order valence-electron chi connectivity index (χ3n) is 5.20. The number of hydroxylamine groups is 2. The summed E-state index contributed by atoms with van der Waals surface area (Å²) in [6.07, 6.45) is -5.02. The minimum Gasteiger partial charge on any atom is -0.489 e. The second-order valence-corrected chi connectivity index (χ2v) is 7.67. The Kier molecular flexibility index (Phi) is 6.84. The van der Waals surface area contributed by atoms with Gasteiger partial charge in [0.25, 0.3) is 0 Å². The second-order valence-electron chi connectivity index (χ2n) is 7.67. The Labute approximate surface area is 189 Å². The van der Waals surface area contributed by atoms with Crippen LogP contribution in [0.1, 0.15) is 22.6 Å². The first-order valence-electron chi connectivity index (χ1n) is 10.4. The summed E-state index contributed by atoms with van der Waals surface area (Å²) in [5.41, 5.74) is 2.82. The number of carbonyl (C=O) groups is 1. The van der Waals surface area contributed by atoms with Crippen molar-refractivity contribution >= 4 is 5.97 Å². The van der Waals surface area contributed by atoms with Crippen LogP contribution < -0.4 is 9.47 Å². The summed E-state index contributed by atoms with van der Waals surface area (Å²) in [7, 11) is 0. The van der Waals surface area contributed by atoms with Crippen LogP contribution in [0.5, 0.6) is 11.5 Å². The van der Waals surface area contributed by atoms with E-state index in [0.717, 1.165) is 21.8 Å². The zero-order valence-electron chi connectivity index (χ0n) is 17.6. The molecule has 172 valence electrons. The molecule has 0 N–H and O–H groups in total. The standard InChI is InChI=1S/C25H22F3NO4/c26-25(27,28)24(30)33-29-14-20(15-29)22-12-11-21(31-16-18-7-3-1-4-8-18)13-23(22)32-17-19-9-5-2-6-10-19/h1-13,20H,14-17H2. The number of halogens is 3. The molecular formula is C25H22F3NO4. The maximum absolute atomic E-state index is 12.4. The Hall–Kier alpha value is -3.52. The molecule has 1 aliphatic rings. The van der Waals surface area contributed by atoms with E-state index >= 15 is 0 Å². The molecule has 0 radical (unpaired) electrons. The van der Waals surface area contributed by atoms with Gasteiger partial charge in [0, 0.05) is 30.6 Å². The molecule has 33 heavy (non-hydrogen) atoms. The predicted octanol–water partition coefficient (Wildman–Crippen LogP) is 5.26. The minimum atomic E-state index is -5.02. The van der Waals surface area contributed by atoms with Gasteiger partial charge >= 0.3 is 12.1 Å². The lowest BCUT2D eigenvalue weighted by Gasteiger charge is -2.38. The van der Waals surface area contributed by atoms with Gasteiger partial charge in [-0.05, 0) is 17.2 Å². The number of rotatable bonds is 8. The van der Waals surface area contributed by atoms with Crippen LogP contribution in [0.15, 0.2) is 78.9 Å². The van der Waals surface area contributed by atoms with Crippen LogP contribution in [-0.4, -0.2) is 30.3 Å². The van der Waals surface area contributed by atoms with Crippen LogP contribution in [0.4, 0.5) is 13.2 Å². The van der Waals surface area contributed by atoms with Crippen molar-refractivity contribution in [3.05, 3.63) is 95.6 Å². The Balaban J connectivity index is 1.45. The fourth-order valence-corrected chi connectivity index (χ4v) is 3.42. The molecule has 0 spiro atoms. The van der Waals surface area contributed by atoms with Crippen molar-refractivity contribution in [1.82, 2.24) is 5.06 Å². The summed E-state index contributed by atoms with van der Waals surface area (Å²) < 4.78 is 49.2. The molecule has 1 aliphatic heterocycles. The lowest BCUT2D eigenvalue weighted by atomic mass is 9.92. The average molecular weight is 457 g/mol. The highest BCUT2D eigenvalue weighted by atomic mass is 19.4. The maximum Gasteiger partial charge on any atom is 0.492 e. The van der Waals surface area contributed by atoms with Crippen molar-refractivity contribution in [2.45, 2.75) is 25.3 Å². The number of benzene rings is 3. The molecule has 8 heteroatoms. The summed E-state index contributed by atoms with van der Waals surface area (Å²) in [5.74, 6) is -1.16. The summed E-state index contributed by atoms with van der Waals surface area (Å²) in [6.45, 7) is 1.01. The monoisotopic (exact) mass is 457 g/mol.